The van der Waals surface area contributed by atoms with E-state index in [1.807, 2.05) is 12.1 Å². The number of halogens is 1. The van der Waals surface area contributed by atoms with Crippen LogP contribution < -0.4 is 5.73 Å². The molecule has 2 N–H and O–H groups in total. The van der Waals surface area contributed by atoms with Crippen molar-refractivity contribution in [2.75, 3.05) is 7.11 Å². The van der Waals surface area contributed by atoms with E-state index in [1.165, 1.54) is 6.42 Å². The first kappa shape index (κ1) is 11.4. The van der Waals surface area contributed by atoms with Crippen molar-refractivity contribution in [2.24, 2.45) is 5.73 Å². The maximum absolute atomic E-state index is 6.15. The average Bonchev–Trinajstić information content (AvgIpc) is 2.58. The van der Waals surface area contributed by atoms with Crippen LogP contribution in [0.4, 0.5) is 0 Å². The van der Waals surface area contributed by atoms with Crippen molar-refractivity contribution in [1.82, 2.24) is 0 Å². The summed E-state index contributed by atoms with van der Waals surface area (Å²) >= 11 is 7.46. The zero-order valence-electron chi connectivity index (χ0n) is 8.83. The Morgan fingerprint density at radius 2 is 2.33 bits per heavy atom. The van der Waals surface area contributed by atoms with Gasteiger partial charge in [-0.3, -0.25) is 0 Å². The Bertz CT molecular complexity index is 330. The van der Waals surface area contributed by atoms with E-state index in [4.69, 9.17) is 22.1 Å². The first-order chi connectivity index (χ1) is 7.15. The molecule has 0 amide bonds. The number of hydrogen-bond donors (Lipinski definition) is 1. The Hall–Kier alpha value is -0.0900. The average molecular weight is 246 g/mol. The lowest BCUT2D eigenvalue weighted by atomic mass is 9.75. The predicted molar refractivity (Wildman–Crippen MR) is 64.5 cm³/mol. The van der Waals surface area contributed by atoms with E-state index in [0.29, 0.717) is 0 Å². The lowest BCUT2D eigenvalue weighted by Crippen LogP contribution is -2.41. The van der Waals surface area contributed by atoms with Gasteiger partial charge in [-0.25, -0.2) is 0 Å². The molecule has 1 aromatic rings. The van der Waals surface area contributed by atoms with Crippen molar-refractivity contribution < 1.29 is 4.74 Å². The van der Waals surface area contributed by atoms with Gasteiger partial charge in [0.25, 0.3) is 0 Å². The van der Waals surface area contributed by atoms with E-state index in [2.05, 4.69) is 0 Å². The minimum absolute atomic E-state index is 0.0376. The van der Waals surface area contributed by atoms with Crippen LogP contribution in [0.2, 0.25) is 4.34 Å². The molecule has 0 aromatic carbocycles. The molecule has 1 saturated carbocycles. The SMILES string of the molecule is COC1(CC(N)c2ccc(Cl)s2)CCC1. The zero-order valence-corrected chi connectivity index (χ0v) is 10.4. The van der Waals surface area contributed by atoms with E-state index in [9.17, 15) is 0 Å². The second kappa shape index (κ2) is 4.42. The van der Waals surface area contributed by atoms with Gasteiger partial charge in [0, 0.05) is 18.0 Å². The zero-order chi connectivity index (χ0) is 10.9. The Morgan fingerprint density at radius 3 is 2.73 bits per heavy atom. The summed E-state index contributed by atoms with van der Waals surface area (Å²) in [6.07, 6.45) is 4.43. The second-order valence-corrected chi connectivity index (χ2v) is 5.94. The van der Waals surface area contributed by atoms with Gasteiger partial charge in [0.15, 0.2) is 0 Å². The second-order valence-electron chi connectivity index (χ2n) is 4.19. The van der Waals surface area contributed by atoms with Gasteiger partial charge in [-0.15, -0.1) is 11.3 Å². The highest BCUT2D eigenvalue weighted by Gasteiger charge is 2.38. The van der Waals surface area contributed by atoms with E-state index in [-0.39, 0.29) is 11.6 Å². The maximum atomic E-state index is 6.15. The number of rotatable bonds is 4. The lowest BCUT2D eigenvalue weighted by Gasteiger charge is -2.42. The molecule has 1 aliphatic rings. The normalized spacial score (nSPS) is 21.0. The molecular formula is C11H16ClNOS. The number of nitrogens with two attached hydrogens (primary N) is 1. The molecule has 1 aliphatic carbocycles. The third-order valence-electron chi connectivity index (χ3n) is 3.25. The molecule has 0 saturated heterocycles. The van der Waals surface area contributed by atoms with Gasteiger partial charge in [-0.1, -0.05) is 11.6 Å². The molecule has 2 nitrogen and oxygen atoms in total. The van der Waals surface area contributed by atoms with Crippen molar-refractivity contribution in [3.8, 4) is 0 Å². The van der Waals surface area contributed by atoms with Crippen LogP contribution in [0.1, 0.15) is 36.6 Å². The molecule has 1 heterocycles. The van der Waals surface area contributed by atoms with Crippen molar-refractivity contribution >= 4 is 22.9 Å². The fourth-order valence-electron chi connectivity index (χ4n) is 2.09. The first-order valence-electron chi connectivity index (χ1n) is 5.21. The van der Waals surface area contributed by atoms with Crippen molar-refractivity contribution in [3.63, 3.8) is 0 Å². The minimum Gasteiger partial charge on any atom is -0.378 e. The summed E-state index contributed by atoms with van der Waals surface area (Å²) in [7, 11) is 1.79. The van der Waals surface area contributed by atoms with Gasteiger partial charge in [-0.2, -0.15) is 0 Å². The summed E-state index contributed by atoms with van der Waals surface area (Å²) in [5, 5.41) is 0. The summed E-state index contributed by atoms with van der Waals surface area (Å²) < 4.78 is 6.37. The van der Waals surface area contributed by atoms with Crippen LogP contribution >= 0.6 is 22.9 Å². The molecule has 2 rings (SSSR count). The van der Waals surface area contributed by atoms with Crippen LogP contribution in [0.3, 0.4) is 0 Å². The van der Waals surface area contributed by atoms with Crippen molar-refractivity contribution in [1.29, 1.82) is 0 Å². The van der Waals surface area contributed by atoms with E-state index in [0.717, 1.165) is 28.5 Å². The molecule has 0 aliphatic heterocycles. The first-order valence-corrected chi connectivity index (χ1v) is 6.41. The quantitative estimate of drug-likeness (QED) is 0.883. The van der Waals surface area contributed by atoms with Gasteiger partial charge in [-0.05, 0) is 37.8 Å². The summed E-state index contributed by atoms with van der Waals surface area (Å²) in [5.41, 5.74) is 6.19. The number of thiophene rings is 1. The molecule has 1 fully saturated rings. The molecule has 0 bridgehead atoms. The van der Waals surface area contributed by atoms with Crippen LogP contribution in [-0.2, 0) is 4.74 Å². The molecule has 4 heteroatoms. The van der Waals surface area contributed by atoms with Gasteiger partial charge < -0.3 is 10.5 Å². The highest BCUT2D eigenvalue weighted by atomic mass is 35.5. The van der Waals surface area contributed by atoms with Crippen LogP contribution in [0.15, 0.2) is 12.1 Å². The van der Waals surface area contributed by atoms with Crippen LogP contribution in [0.5, 0.6) is 0 Å². The Balaban J connectivity index is 1.99. The fraction of sp³-hybridized carbons (Fsp3) is 0.636. The van der Waals surface area contributed by atoms with Crippen molar-refractivity contribution in [3.05, 3.63) is 21.3 Å². The van der Waals surface area contributed by atoms with E-state index in [1.54, 1.807) is 18.4 Å². The standard InChI is InChI=1S/C11H16ClNOS/c1-14-11(5-2-6-11)7-8(13)9-3-4-10(12)15-9/h3-4,8H,2,5-7,13H2,1H3. The smallest absolute Gasteiger partial charge is 0.0931 e. The molecule has 84 valence electrons. The highest BCUT2D eigenvalue weighted by Crippen LogP contribution is 2.42. The lowest BCUT2D eigenvalue weighted by molar-refractivity contribution is -0.0815. The molecule has 0 radical (unpaired) electrons. The summed E-state index contributed by atoms with van der Waals surface area (Å²) in [5.74, 6) is 0. The molecular weight excluding hydrogens is 230 g/mol. The Labute approximate surface area is 99.4 Å². The molecule has 1 aromatic heterocycles. The number of ether oxygens (including phenoxy) is 1. The van der Waals surface area contributed by atoms with Crippen LogP contribution in [0, 0.1) is 0 Å². The number of methoxy groups -OCH3 is 1. The Morgan fingerprint density at radius 1 is 1.60 bits per heavy atom. The third kappa shape index (κ3) is 2.36. The highest BCUT2D eigenvalue weighted by molar-refractivity contribution is 7.16. The maximum Gasteiger partial charge on any atom is 0.0931 e. The van der Waals surface area contributed by atoms with Crippen molar-refractivity contribution in [2.45, 2.75) is 37.3 Å². The van der Waals surface area contributed by atoms with Gasteiger partial charge in [0.05, 0.1) is 9.94 Å². The summed E-state index contributed by atoms with van der Waals surface area (Å²) in [6, 6.07) is 3.98. The monoisotopic (exact) mass is 245 g/mol. The van der Waals surface area contributed by atoms with E-state index < -0.39 is 0 Å². The third-order valence-corrected chi connectivity index (χ3v) is 4.61. The topological polar surface area (TPSA) is 35.2 Å². The number of hydrogen-bond acceptors (Lipinski definition) is 3. The summed E-state index contributed by atoms with van der Waals surface area (Å²) in [4.78, 5) is 1.16. The van der Waals surface area contributed by atoms with E-state index >= 15 is 0 Å². The Kier molecular flexibility index (Phi) is 3.36. The predicted octanol–water partition coefficient (Wildman–Crippen LogP) is 3.36. The minimum atomic E-state index is 0.0376. The fourth-order valence-corrected chi connectivity index (χ4v) is 3.15. The largest absolute Gasteiger partial charge is 0.378 e. The molecule has 1 atom stereocenters. The molecule has 0 spiro atoms. The van der Waals surface area contributed by atoms with Gasteiger partial charge in [0.2, 0.25) is 0 Å². The molecule has 15 heavy (non-hydrogen) atoms. The van der Waals surface area contributed by atoms with Gasteiger partial charge >= 0.3 is 0 Å². The van der Waals surface area contributed by atoms with Crippen LogP contribution in [-0.4, -0.2) is 12.7 Å². The van der Waals surface area contributed by atoms with Crippen LogP contribution in [0.25, 0.3) is 0 Å². The van der Waals surface area contributed by atoms with Gasteiger partial charge in [0.1, 0.15) is 0 Å². The molecule has 1 unspecified atom stereocenters. The summed E-state index contributed by atoms with van der Waals surface area (Å²) in [6.45, 7) is 0.